The van der Waals surface area contributed by atoms with E-state index >= 15 is 0 Å². The van der Waals surface area contributed by atoms with E-state index in [4.69, 9.17) is 9.72 Å². The van der Waals surface area contributed by atoms with Gasteiger partial charge in [0.25, 0.3) is 0 Å². The molecule has 1 aromatic carbocycles. The Bertz CT molecular complexity index is 981. The van der Waals surface area contributed by atoms with Crippen molar-refractivity contribution < 1.29 is 9.53 Å². The highest BCUT2D eigenvalue weighted by Gasteiger charge is 2.26. The first kappa shape index (κ1) is 21.1. The first-order valence-corrected chi connectivity index (χ1v) is 11.7. The molecule has 1 saturated heterocycles. The van der Waals surface area contributed by atoms with Crippen LogP contribution in [0.2, 0.25) is 0 Å². The molecule has 1 atom stereocenters. The molecule has 0 radical (unpaired) electrons. The lowest BCUT2D eigenvalue weighted by Gasteiger charge is -2.28. The number of hydrogen-bond donors (Lipinski definition) is 0. The molecule has 0 N–H and O–H groups in total. The number of carbonyl (C=O) groups is 1. The molecular formula is C24H31N3O2S. The molecule has 1 unspecified atom stereocenters. The van der Waals surface area contributed by atoms with Gasteiger partial charge in [0.05, 0.1) is 11.8 Å². The molecule has 2 aromatic heterocycles. The number of thiazole rings is 1. The Morgan fingerprint density at radius 3 is 2.80 bits per heavy atom. The second kappa shape index (κ2) is 8.90. The highest BCUT2D eigenvalue weighted by molar-refractivity contribution is 7.15. The smallest absolute Gasteiger partial charge is 0.223 e. The molecule has 3 aromatic rings. The average Bonchev–Trinajstić information content (AvgIpc) is 3.42. The maximum atomic E-state index is 13.0. The minimum Gasteiger partial charge on any atom is -0.376 e. The van der Waals surface area contributed by atoms with Crippen LogP contribution >= 0.6 is 11.3 Å². The van der Waals surface area contributed by atoms with Gasteiger partial charge in [-0.1, -0.05) is 51.1 Å². The van der Waals surface area contributed by atoms with Crippen molar-refractivity contribution in [3.8, 4) is 11.3 Å². The van der Waals surface area contributed by atoms with Gasteiger partial charge in [-0.05, 0) is 18.3 Å². The lowest BCUT2D eigenvalue weighted by Crippen LogP contribution is -2.40. The summed E-state index contributed by atoms with van der Waals surface area (Å²) in [5.41, 5.74) is 3.30. The fourth-order valence-corrected chi connectivity index (χ4v) is 4.83. The summed E-state index contributed by atoms with van der Waals surface area (Å²) in [6.45, 7) is 8.58. The average molecular weight is 426 g/mol. The van der Waals surface area contributed by atoms with Gasteiger partial charge in [0, 0.05) is 55.4 Å². The van der Waals surface area contributed by atoms with Gasteiger partial charge in [-0.2, -0.15) is 0 Å². The van der Waals surface area contributed by atoms with Gasteiger partial charge in [0.1, 0.15) is 0 Å². The SMILES string of the molecule is CC(C)(C)CC(=O)N(CCc1csc2nc(-c3ccccc3)cn12)CC1CCCO1. The van der Waals surface area contributed by atoms with Crippen molar-refractivity contribution in [3.63, 3.8) is 0 Å². The Morgan fingerprint density at radius 2 is 2.10 bits per heavy atom. The number of amides is 1. The van der Waals surface area contributed by atoms with E-state index in [1.807, 2.05) is 23.1 Å². The zero-order valence-corrected chi connectivity index (χ0v) is 19.0. The number of fused-ring (bicyclic) bond motifs is 1. The van der Waals surface area contributed by atoms with Crippen LogP contribution in [-0.2, 0) is 16.0 Å². The van der Waals surface area contributed by atoms with E-state index in [2.05, 4.69) is 48.9 Å². The first-order valence-electron chi connectivity index (χ1n) is 10.8. The van der Waals surface area contributed by atoms with Crippen LogP contribution in [0.15, 0.2) is 41.9 Å². The van der Waals surface area contributed by atoms with Crippen LogP contribution in [0.25, 0.3) is 16.2 Å². The van der Waals surface area contributed by atoms with E-state index in [1.54, 1.807) is 11.3 Å². The number of rotatable bonds is 7. The van der Waals surface area contributed by atoms with Crippen LogP contribution in [-0.4, -0.2) is 46.0 Å². The quantitative estimate of drug-likeness (QED) is 0.532. The van der Waals surface area contributed by atoms with Crippen molar-refractivity contribution in [2.75, 3.05) is 19.7 Å². The van der Waals surface area contributed by atoms with Crippen molar-refractivity contribution >= 4 is 22.2 Å². The first-order chi connectivity index (χ1) is 14.4. The van der Waals surface area contributed by atoms with Crippen LogP contribution in [0, 0.1) is 5.41 Å². The summed E-state index contributed by atoms with van der Waals surface area (Å²) in [6, 6.07) is 10.3. The normalized spacial score (nSPS) is 17.0. The van der Waals surface area contributed by atoms with E-state index in [-0.39, 0.29) is 17.4 Å². The van der Waals surface area contributed by atoms with E-state index in [0.29, 0.717) is 19.5 Å². The molecule has 1 fully saturated rings. The fourth-order valence-electron chi connectivity index (χ4n) is 3.92. The van der Waals surface area contributed by atoms with Crippen molar-refractivity contribution in [2.45, 2.75) is 52.6 Å². The van der Waals surface area contributed by atoms with E-state index in [9.17, 15) is 4.79 Å². The molecule has 0 aliphatic carbocycles. The van der Waals surface area contributed by atoms with E-state index in [0.717, 1.165) is 42.1 Å². The minimum atomic E-state index is -0.0174. The standard InChI is InChI=1S/C24H31N3O2S/c1-24(2,3)14-22(28)26(15-20-10-7-13-29-20)12-11-19-17-30-23-25-21(16-27(19)23)18-8-5-4-6-9-18/h4-6,8-9,16-17,20H,7,10-15H2,1-3H3. The predicted octanol–water partition coefficient (Wildman–Crippen LogP) is 5.05. The van der Waals surface area contributed by atoms with Crippen LogP contribution in [0.1, 0.15) is 45.7 Å². The van der Waals surface area contributed by atoms with Gasteiger partial charge in [0.2, 0.25) is 5.91 Å². The Hall–Kier alpha value is -2.18. The molecule has 1 aliphatic rings. The number of ether oxygens (including phenoxy) is 1. The van der Waals surface area contributed by atoms with Gasteiger partial charge in [-0.15, -0.1) is 11.3 Å². The van der Waals surface area contributed by atoms with Gasteiger partial charge < -0.3 is 9.64 Å². The number of aromatic nitrogens is 2. The van der Waals surface area contributed by atoms with E-state index in [1.165, 1.54) is 5.69 Å². The summed E-state index contributed by atoms with van der Waals surface area (Å²) in [7, 11) is 0. The summed E-state index contributed by atoms with van der Waals surface area (Å²) in [6.07, 6.45) is 5.79. The summed E-state index contributed by atoms with van der Waals surface area (Å²) < 4.78 is 7.99. The molecule has 4 rings (SSSR count). The maximum Gasteiger partial charge on any atom is 0.223 e. The second-order valence-electron chi connectivity index (χ2n) is 9.33. The fraction of sp³-hybridized carbons (Fsp3) is 0.500. The summed E-state index contributed by atoms with van der Waals surface area (Å²) >= 11 is 1.66. The Labute approximate surface area is 182 Å². The van der Waals surface area contributed by atoms with Crippen LogP contribution in [0.5, 0.6) is 0 Å². The molecule has 0 saturated carbocycles. The number of carbonyl (C=O) groups excluding carboxylic acids is 1. The van der Waals surface area contributed by atoms with Crippen LogP contribution in [0.3, 0.4) is 0 Å². The summed E-state index contributed by atoms with van der Waals surface area (Å²) in [5, 5.41) is 2.16. The van der Waals surface area contributed by atoms with Gasteiger partial charge >= 0.3 is 0 Å². The largest absolute Gasteiger partial charge is 0.376 e. The zero-order valence-electron chi connectivity index (χ0n) is 18.1. The molecule has 1 amide bonds. The van der Waals surface area contributed by atoms with E-state index < -0.39 is 0 Å². The third-order valence-electron chi connectivity index (χ3n) is 5.47. The third-order valence-corrected chi connectivity index (χ3v) is 6.36. The molecular weight excluding hydrogens is 394 g/mol. The van der Waals surface area contributed by atoms with Crippen molar-refractivity contribution in [1.29, 1.82) is 0 Å². The van der Waals surface area contributed by atoms with Crippen LogP contribution < -0.4 is 0 Å². The third kappa shape index (κ3) is 5.10. The van der Waals surface area contributed by atoms with Crippen molar-refractivity contribution in [2.24, 2.45) is 5.41 Å². The Kier molecular flexibility index (Phi) is 6.25. The molecule has 30 heavy (non-hydrogen) atoms. The molecule has 6 heteroatoms. The molecule has 1 aliphatic heterocycles. The number of nitrogens with zero attached hydrogens (tertiary/aromatic N) is 3. The summed E-state index contributed by atoms with van der Waals surface area (Å²) in [4.78, 5) is 20.8. The molecule has 160 valence electrons. The van der Waals surface area contributed by atoms with Gasteiger partial charge in [-0.25, -0.2) is 4.98 Å². The highest BCUT2D eigenvalue weighted by Crippen LogP contribution is 2.25. The predicted molar refractivity (Wildman–Crippen MR) is 122 cm³/mol. The van der Waals surface area contributed by atoms with Crippen LogP contribution in [0.4, 0.5) is 0 Å². The lowest BCUT2D eigenvalue weighted by atomic mass is 9.91. The molecule has 0 bridgehead atoms. The number of hydrogen-bond acceptors (Lipinski definition) is 4. The molecule has 0 spiro atoms. The maximum absolute atomic E-state index is 13.0. The molecule has 3 heterocycles. The highest BCUT2D eigenvalue weighted by atomic mass is 32.1. The minimum absolute atomic E-state index is 0.0174. The van der Waals surface area contributed by atoms with Gasteiger partial charge in [-0.3, -0.25) is 9.20 Å². The topological polar surface area (TPSA) is 46.8 Å². The number of imidazole rings is 1. The van der Waals surface area contributed by atoms with Crippen molar-refractivity contribution in [1.82, 2.24) is 14.3 Å². The Balaban J connectivity index is 1.48. The lowest BCUT2D eigenvalue weighted by molar-refractivity contribution is -0.134. The molecule has 5 nitrogen and oxygen atoms in total. The monoisotopic (exact) mass is 425 g/mol. The second-order valence-corrected chi connectivity index (χ2v) is 10.2. The summed E-state index contributed by atoms with van der Waals surface area (Å²) in [5.74, 6) is 0.222. The zero-order chi connectivity index (χ0) is 21.1. The Morgan fingerprint density at radius 1 is 1.30 bits per heavy atom. The van der Waals surface area contributed by atoms with Gasteiger partial charge in [0.15, 0.2) is 4.96 Å². The number of benzene rings is 1. The van der Waals surface area contributed by atoms with Crippen molar-refractivity contribution in [3.05, 3.63) is 47.6 Å².